The lowest BCUT2D eigenvalue weighted by atomic mass is 10.5. The highest BCUT2D eigenvalue weighted by atomic mass is 28.4. The van der Waals surface area contributed by atoms with Crippen molar-refractivity contribution in [1.82, 2.24) is 0 Å². The standard InChI is InChI=1S/C22H52O10Si3/c1-12-21(33(23-13-2,24-14-3)25-15-4)31-34(26-16-5,27-17-6)22(10,11)32-35(28-18-7,29-19-8)30-20-9/h21H,12-20H2,1-11H3. The van der Waals surface area contributed by atoms with E-state index in [0.717, 1.165) is 0 Å². The van der Waals surface area contributed by atoms with Crippen molar-refractivity contribution in [1.29, 1.82) is 0 Å². The second-order valence-corrected chi connectivity index (χ2v) is 15.7. The zero-order chi connectivity index (χ0) is 27.0. The summed E-state index contributed by atoms with van der Waals surface area (Å²) in [6.45, 7) is 24.1. The molecule has 212 valence electrons. The molecule has 0 rings (SSSR count). The average molecular weight is 561 g/mol. The largest absolute Gasteiger partial charge is 0.680 e. The van der Waals surface area contributed by atoms with Gasteiger partial charge >= 0.3 is 26.7 Å². The molecule has 0 saturated carbocycles. The molecule has 0 aliphatic carbocycles. The zero-order valence-electron chi connectivity index (χ0n) is 24.0. The van der Waals surface area contributed by atoms with Crippen molar-refractivity contribution in [3.63, 3.8) is 0 Å². The van der Waals surface area contributed by atoms with Gasteiger partial charge in [-0.2, -0.15) is 0 Å². The molecule has 0 aliphatic rings. The third kappa shape index (κ3) is 9.81. The minimum Gasteiger partial charge on any atom is -0.372 e. The van der Waals surface area contributed by atoms with Gasteiger partial charge in [0.15, 0.2) is 0 Å². The van der Waals surface area contributed by atoms with Crippen molar-refractivity contribution in [2.45, 2.75) is 93.5 Å². The van der Waals surface area contributed by atoms with Gasteiger partial charge in [0.2, 0.25) is 0 Å². The van der Waals surface area contributed by atoms with Crippen LogP contribution in [0.5, 0.6) is 0 Å². The average Bonchev–Trinajstić information content (AvgIpc) is 2.78. The zero-order valence-corrected chi connectivity index (χ0v) is 27.0. The highest BCUT2D eigenvalue weighted by molar-refractivity contribution is 6.68. The molecule has 0 N–H and O–H groups in total. The fourth-order valence-electron chi connectivity index (χ4n) is 3.70. The third-order valence-electron chi connectivity index (χ3n) is 4.85. The van der Waals surface area contributed by atoms with E-state index in [-0.39, 0.29) is 0 Å². The van der Waals surface area contributed by atoms with E-state index < -0.39 is 37.6 Å². The number of hydrogen-bond donors (Lipinski definition) is 0. The smallest absolute Gasteiger partial charge is 0.372 e. The Labute approximate surface area is 217 Å². The summed E-state index contributed by atoms with van der Waals surface area (Å²) in [6, 6.07) is 0. The second kappa shape index (κ2) is 17.7. The van der Waals surface area contributed by atoms with E-state index in [0.29, 0.717) is 59.3 Å². The van der Waals surface area contributed by atoms with E-state index in [9.17, 15) is 0 Å². The summed E-state index contributed by atoms with van der Waals surface area (Å²) < 4.78 is 62.6. The second-order valence-electron chi connectivity index (χ2n) is 7.75. The Kier molecular flexibility index (Phi) is 17.8. The Morgan fingerprint density at radius 3 is 1.14 bits per heavy atom. The molecule has 1 atom stereocenters. The summed E-state index contributed by atoms with van der Waals surface area (Å²) in [4.78, 5) is 0. The summed E-state index contributed by atoms with van der Waals surface area (Å²) >= 11 is 0. The summed E-state index contributed by atoms with van der Waals surface area (Å²) in [5, 5.41) is -1.09. The predicted octanol–water partition coefficient (Wildman–Crippen LogP) is 4.26. The first-order valence-electron chi connectivity index (χ1n) is 13.1. The summed E-state index contributed by atoms with van der Waals surface area (Å²) in [6.07, 6.45) is 0.572. The number of hydrogen-bond acceptors (Lipinski definition) is 10. The van der Waals surface area contributed by atoms with E-state index in [1.807, 2.05) is 76.2 Å². The molecule has 0 saturated heterocycles. The van der Waals surface area contributed by atoms with Crippen molar-refractivity contribution in [2.75, 3.05) is 52.9 Å². The minimum atomic E-state index is -3.63. The molecule has 0 amide bonds. The molecule has 10 nitrogen and oxygen atoms in total. The molecule has 35 heavy (non-hydrogen) atoms. The van der Waals surface area contributed by atoms with E-state index in [1.165, 1.54) is 0 Å². The molecular formula is C22H52O10Si3. The van der Waals surface area contributed by atoms with Crippen LogP contribution in [0.2, 0.25) is 0 Å². The first kappa shape index (κ1) is 35.3. The lowest BCUT2D eigenvalue weighted by Gasteiger charge is -2.46. The normalized spacial score (nSPS) is 14.5. The van der Waals surface area contributed by atoms with Crippen LogP contribution >= 0.6 is 0 Å². The van der Waals surface area contributed by atoms with Gasteiger partial charge in [-0.3, -0.25) is 0 Å². The molecule has 0 spiro atoms. The van der Waals surface area contributed by atoms with Crippen LogP contribution in [0.3, 0.4) is 0 Å². The fourth-order valence-corrected chi connectivity index (χ4v) is 12.7. The van der Waals surface area contributed by atoms with Gasteiger partial charge < -0.3 is 44.3 Å². The van der Waals surface area contributed by atoms with E-state index in [1.54, 1.807) is 0 Å². The Balaban J connectivity index is 6.64. The van der Waals surface area contributed by atoms with Gasteiger partial charge in [-0.15, -0.1) is 0 Å². The van der Waals surface area contributed by atoms with Gasteiger partial charge in [0.05, 0.1) is 0 Å². The van der Waals surface area contributed by atoms with Gasteiger partial charge in [0, 0.05) is 52.9 Å². The molecule has 0 fully saturated rings. The monoisotopic (exact) mass is 560 g/mol. The molecule has 0 aliphatic heterocycles. The summed E-state index contributed by atoms with van der Waals surface area (Å²) in [7, 11) is -10.4. The van der Waals surface area contributed by atoms with Crippen molar-refractivity contribution in [3.05, 3.63) is 0 Å². The van der Waals surface area contributed by atoms with Gasteiger partial charge in [0.25, 0.3) is 0 Å². The highest BCUT2D eigenvalue weighted by Crippen LogP contribution is 2.36. The quantitative estimate of drug-likeness (QED) is 0.169. The van der Waals surface area contributed by atoms with Crippen LogP contribution in [0.15, 0.2) is 0 Å². The Bertz CT molecular complexity index is 502. The molecule has 0 aromatic rings. The molecule has 0 bridgehead atoms. The van der Waals surface area contributed by atoms with Crippen LogP contribution < -0.4 is 0 Å². The maximum Gasteiger partial charge on any atom is 0.680 e. The third-order valence-corrected chi connectivity index (χ3v) is 14.9. The molecule has 0 heterocycles. The summed E-state index contributed by atoms with van der Waals surface area (Å²) in [5.74, 6) is 0. The van der Waals surface area contributed by atoms with Crippen molar-refractivity contribution in [2.24, 2.45) is 0 Å². The van der Waals surface area contributed by atoms with Crippen LogP contribution in [0.25, 0.3) is 0 Å². The molecule has 13 heteroatoms. The van der Waals surface area contributed by atoms with Crippen LogP contribution in [0, 0.1) is 0 Å². The fraction of sp³-hybridized carbons (Fsp3) is 1.00. The van der Waals surface area contributed by atoms with Gasteiger partial charge in [-0.05, 0) is 75.7 Å². The maximum absolute atomic E-state index is 6.85. The molecular weight excluding hydrogens is 508 g/mol. The van der Waals surface area contributed by atoms with E-state index in [2.05, 4.69) is 0 Å². The van der Waals surface area contributed by atoms with Crippen LogP contribution in [-0.2, 0) is 44.3 Å². The first-order valence-corrected chi connectivity index (χ1v) is 18.3. The van der Waals surface area contributed by atoms with E-state index in [4.69, 9.17) is 44.3 Å². The highest BCUT2D eigenvalue weighted by Gasteiger charge is 2.66. The van der Waals surface area contributed by atoms with Gasteiger partial charge in [-0.25, -0.2) is 0 Å². The van der Waals surface area contributed by atoms with Crippen LogP contribution in [0.1, 0.15) is 82.6 Å². The molecule has 1 unspecified atom stereocenters. The van der Waals surface area contributed by atoms with Crippen LogP contribution in [-0.4, -0.2) is 90.5 Å². The Morgan fingerprint density at radius 1 is 0.514 bits per heavy atom. The Morgan fingerprint density at radius 2 is 0.857 bits per heavy atom. The van der Waals surface area contributed by atoms with Crippen molar-refractivity contribution in [3.8, 4) is 0 Å². The van der Waals surface area contributed by atoms with Gasteiger partial charge in [-0.1, -0.05) is 6.92 Å². The first-order chi connectivity index (χ1) is 16.6. The Hall–Kier alpha value is 0.251. The lowest BCUT2D eigenvalue weighted by Crippen LogP contribution is -2.72. The SMILES string of the molecule is CCO[Si](OCC)(OCC)OC(C)(C)[Si](OCC)(OCC)OC(CC)[Si](OCC)(OCC)OCC. The van der Waals surface area contributed by atoms with Crippen LogP contribution in [0.4, 0.5) is 0 Å². The molecule has 0 aromatic heterocycles. The van der Waals surface area contributed by atoms with Crippen molar-refractivity contribution < 1.29 is 44.3 Å². The molecule has 0 radical (unpaired) electrons. The molecule has 0 aromatic carbocycles. The van der Waals surface area contributed by atoms with E-state index >= 15 is 0 Å². The lowest BCUT2D eigenvalue weighted by molar-refractivity contribution is -0.0949. The number of rotatable bonds is 23. The van der Waals surface area contributed by atoms with Crippen molar-refractivity contribution >= 4 is 26.7 Å². The predicted molar refractivity (Wildman–Crippen MR) is 141 cm³/mol. The summed E-state index contributed by atoms with van der Waals surface area (Å²) in [5.41, 5.74) is -0.530. The minimum absolute atomic E-state index is 0.356. The topological polar surface area (TPSA) is 92.3 Å². The van der Waals surface area contributed by atoms with Gasteiger partial charge in [0.1, 0.15) is 11.0 Å². The maximum atomic E-state index is 6.85.